The number of amides is 2. The predicted octanol–water partition coefficient (Wildman–Crippen LogP) is 4.39. The second-order valence-corrected chi connectivity index (χ2v) is 7.39. The normalized spacial score (nSPS) is 13.8. The van der Waals surface area contributed by atoms with E-state index >= 15 is 0 Å². The van der Waals surface area contributed by atoms with Gasteiger partial charge in [0.05, 0.1) is 0 Å². The molecule has 0 radical (unpaired) electrons. The summed E-state index contributed by atoms with van der Waals surface area (Å²) in [7, 11) is 0. The SMILES string of the molecule is Cc1ccc(C(=O)N2CCN(C(=O)c3cccc(Oc4ccccc4)c3)CC2)cc1. The Balaban J connectivity index is 1.38. The first-order chi connectivity index (χ1) is 14.6. The van der Waals surface area contributed by atoms with E-state index in [4.69, 9.17) is 4.74 Å². The van der Waals surface area contributed by atoms with Gasteiger partial charge >= 0.3 is 0 Å². The van der Waals surface area contributed by atoms with Crippen molar-refractivity contribution in [2.45, 2.75) is 6.92 Å². The van der Waals surface area contributed by atoms with E-state index in [2.05, 4.69) is 0 Å². The van der Waals surface area contributed by atoms with Crippen molar-refractivity contribution in [1.29, 1.82) is 0 Å². The molecule has 3 aromatic rings. The zero-order chi connectivity index (χ0) is 20.9. The highest BCUT2D eigenvalue weighted by Gasteiger charge is 2.25. The van der Waals surface area contributed by atoms with Gasteiger partial charge in [-0.3, -0.25) is 9.59 Å². The molecule has 4 rings (SSSR count). The molecule has 1 aliphatic heterocycles. The van der Waals surface area contributed by atoms with Gasteiger partial charge in [0.25, 0.3) is 11.8 Å². The molecule has 2 amide bonds. The predicted molar refractivity (Wildman–Crippen MR) is 116 cm³/mol. The number of nitrogens with zero attached hydrogens (tertiary/aromatic N) is 2. The maximum Gasteiger partial charge on any atom is 0.254 e. The molecule has 1 aliphatic rings. The van der Waals surface area contributed by atoms with Crippen molar-refractivity contribution in [2.75, 3.05) is 26.2 Å². The lowest BCUT2D eigenvalue weighted by Gasteiger charge is -2.35. The third-order valence-electron chi connectivity index (χ3n) is 5.21. The van der Waals surface area contributed by atoms with Gasteiger partial charge in [-0.15, -0.1) is 0 Å². The van der Waals surface area contributed by atoms with Crippen LogP contribution in [0.15, 0.2) is 78.9 Å². The summed E-state index contributed by atoms with van der Waals surface area (Å²) in [5, 5.41) is 0. The molecule has 0 aliphatic carbocycles. The summed E-state index contributed by atoms with van der Waals surface area (Å²) in [6.07, 6.45) is 0. The summed E-state index contributed by atoms with van der Waals surface area (Å²) in [5.41, 5.74) is 2.40. The van der Waals surface area contributed by atoms with Gasteiger partial charge in [-0.1, -0.05) is 42.0 Å². The van der Waals surface area contributed by atoms with Crippen molar-refractivity contribution in [1.82, 2.24) is 9.80 Å². The van der Waals surface area contributed by atoms with Crippen molar-refractivity contribution >= 4 is 11.8 Å². The molecule has 30 heavy (non-hydrogen) atoms. The number of para-hydroxylation sites is 1. The highest BCUT2D eigenvalue weighted by atomic mass is 16.5. The molecule has 152 valence electrons. The van der Waals surface area contributed by atoms with Crippen LogP contribution in [0.3, 0.4) is 0 Å². The fourth-order valence-electron chi connectivity index (χ4n) is 3.49. The average molecular weight is 400 g/mol. The fourth-order valence-corrected chi connectivity index (χ4v) is 3.49. The van der Waals surface area contributed by atoms with E-state index in [9.17, 15) is 9.59 Å². The number of aryl methyl sites for hydroxylation is 1. The van der Waals surface area contributed by atoms with E-state index in [0.717, 1.165) is 11.3 Å². The van der Waals surface area contributed by atoms with Gasteiger partial charge in [0.2, 0.25) is 0 Å². The van der Waals surface area contributed by atoms with Gasteiger partial charge in [-0.2, -0.15) is 0 Å². The van der Waals surface area contributed by atoms with Crippen molar-refractivity contribution in [2.24, 2.45) is 0 Å². The first kappa shape index (κ1) is 19.7. The largest absolute Gasteiger partial charge is 0.457 e. The van der Waals surface area contributed by atoms with Crippen LogP contribution in [-0.2, 0) is 0 Å². The van der Waals surface area contributed by atoms with Crippen LogP contribution in [0.2, 0.25) is 0 Å². The molecule has 0 spiro atoms. The first-order valence-electron chi connectivity index (χ1n) is 10.1. The standard InChI is InChI=1S/C25H24N2O3/c1-19-10-12-20(13-11-19)24(28)26-14-16-27(17-15-26)25(29)21-6-5-9-23(18-21)30-22-7-3-2-4-8-22/h2-13,18H,14-17H2,1H3. The first-order valence-corrected chi connectivity index (χ1v) is 10.1. The zero-order valence-corrected chi connectivity index (χ0v) is 17.0. The van der Waals surface area contributed by atoms with Gasteiger partial charge < -0.3 is 14.5 Å². The molecule has 0 saturated carbocycles. The van der Waals surface area contributed by atoms with E-state index in [1.165, 1.54) is 0 Å². The molecule has 0 bridgehead atoms. The van der Waals surface area contributed by atoms with Crippen molar-refractivity contribution in [3.05, 3.63) is 95.6 Å². The highest BCUT2D eigenvalue weighted by Crippen LogP contribution is 2.23. The number of hydrogen-bond acceptors (Lipinski definition) is 3. The lowest BCUT2D eigenvalue weighted by molar-refractivity contribution is 0.0535. The summed E-state index contributed by atoms with van der Waals surface area (Å²) < 4.78 is 5.84. The molecule has 0 atom stereocenters. The lowest BCUT2D eigenvalue weighted by atomic mass is 10.1. The third kappa shape index (κ3) is 4.51. The molecule has 5 heteroatoms. The Kier molecular flexibility index (Phi) is 5.80. The van der Waals surface area contributed by atoms with Crippen LogP contribution in [0.1, 0.15) is 26.3 Å². The quantitative estimate of drug-likeness (QED) is 0.653. The van der Waals surface area contributed by atoms with E-state index in [1.807, 2.05) is 78.6 Å². The van der Waals surface area contributed by atoms with Gasteiger partial charge in [0, 0.05) is 37.3 Å². The summed E-state index contributed by atoms with van der Waals surface area (Å²) in [5.74, 6) is 1.32. The summed E-state index contributed by atoms with van der Waals surface area (Å²) in [4.78, 5) is 29.2. The smallest absolute Gasteiger partial charge is 0.254 e. The zero-order valence-electron chi connectivity index (χ0n) is 17.0. The van der Waals surface area contributed by atoms with E-state index in [1.54, 1.807) is 17.0 Å². The molecular formula is C25H24N2O3. The van der Waals surface area contributed by atoms with Gasteiger partial charge in [-0.25, -0.2) is 0 Å². The Hall–Kier alpha value is -3.60. The number of hydrogen-bond donors (Lipinski definition) is 0. The molecule has 1 fully saturated rings. The Morgan fingerprint density at radius 1 is 0.667 bits per heavy atom. The van der Waals surface area contributed by atoms with E-state index < -0.39 is 0 Å². The van der Waals surface area contributed by atoms with Crippen LogP contribution < -0.4 is 4.74 Å². The van der Waals surface area contributed by atoms with Crippen LogP contribution in [0, 0.1) is 6.92 Å². The minimum atomic E-state index is -0.0454. The van der Waals surface area contributed by atoms with Crippen molar-refractivity contribution in [3.63, 3.8) is 0 Å². The van der Waals surface area contributed by atoms with Crippen LogP contribution in [0.5, 0.6) is 11.5 Å². The average Bonchev–Trinajstić information content (AvgIpc) is 2.80. The Bertz CT molecular complexity index is 1020. The topological polar surface area (TPSA) is 49.9 Å². The van der Waals surface area contributed by atoms with Gasteiger partial charge in [0.15, 0.2) is 0 Å². The second kappa shape index (κ2) is 8.82. The van der Waals surface area contributed by atoms with Gasteiger partial charge in [-0.05, 0) is 49.4 Å². The maximum absolute atomic E-state index is 13.0. The number of piperazine rings is 1. The van der Waals surface area contributed by atoms with Crippen LogP contribution >= 0.6 is 0 Å². The number of benzene rings is 3. The highest BCUT2D eigenvalue weighted by molar-refractivity contribution is 5.96. The minimum Gasteiger partial charge on any atom is -0.457 e. The number of ether oxygens (including phenoxy) is 1. The minimum absolute atomic E-state index is 0.0142. The number of rotatable bonds is 4. The Morgan fingerprint density at radius 3 is 1.87 bits per heavy atom. The molecule has 1 saturated heterocycles. The molecule has 5 nitrogen and oxygen atoms in total. The van der Waals surface area contributed by atoms with E-state index in [-0.39, 0.29) is 11.8 Å². The van der Waals surface area contributed by atoms with Crippen LogP contribution in [0.4, 0.5) is 0 Å². The summed E-state index contributed by atoms with van der Waals surface area (Å²) in [6, 6.07) is 24.3. The third-order valence-corrected chi connectivity index (χ3v) is 5.21. The summed E-state index contributed by atoms with van der Waals surface area (Å²) in [6.45, 7) is 4.08. The molecule has 1 heterocycles. The Labute approximate surface area is 176 Å². The van der Waals surface area contributed by atoms with E-state index in [0.29, 0.717) is 43.1 Å². The molecule has 0 unspecified atom stereocenters. The summed E-state index contributed by atoms with van der Waals surface area (Å²) >= 11 is 0. The second-order valence-electron chi connectivity index (χ2n) is 7.39. The van der Waals surface area contributed by atoms with Crippen molar-refractivity contribution in [3.8, 4) is 11.5 Å². The lowest BCUT2D eigenvalue weighted by Crippen LogP contribution is -2.50. The molecular weight excluding hydrogens is 376 g/mol. The van der Waals surface area contributed by atoms with Crippen molar-refractivity contribution < 1.29 is 14.3 Å². The van der Waals surface area contributed by atoms with Crippen LogP contribution in [0.25, 0.3) is 0 Å². The van der Waals surface area contributed by atoms with Crippen LogP contribution in [-0.4, -0.2) is 47.8 Å². The van der Waals surface area contributed by atoms with Gasteiger partial charge in [0.1, 0.15) is 11.5 Å². The maximum atomic E-state index is 13.0. The fraction of sp³-hybridized carbons (Fsp3) is 0.200. The Morgan fingerprint density at radius 2 is 1.23 bits per heavy atom. The molecule has 0 aromatic heterocycles. The number of carbonyl (C=O) groups is 2. The number of carbonyl (C=O) groups excluding carboxylic acids is 2. The molecule has 0 N–H and O–H groups in total. The monoisotopic (exact) mass is 400 g/mol. The molecule has 3 aromatic carbocycles.